The van der Waals surface area contributed by atoms with Crippen LogP contribution in [0.4, 0.5) is 5.69 Å². The number of hydrogen-bond donors (Lipinski definition) is 1. The predicted octanol–water partition coefficient (Wildman–Crippen LogP) is 3.76. The van der Waals surface area contributed by atoms with E-state index in [9.17, 15) is 16.8 Å². The molecule has 0 aliphatic heterocycles. The van der Waals surface area contributed by atoms with Gasteiger partial charge in [-0.15, -0.1) is 0 Å². The zero-order valence-electron chi connectivity index (χ0n) is 16.1. The second-order valence-electron chi connectivity index (χ2n) is 6.72. The molecular weight excluding hydrogens is 396 g/mol. The maximum absolute atomic E-state index is 13.0. The van der Waals surface area contributed by atoms with E-state index >= 15 is 0 Å². The summed E-state index contributed by atoms with van der Waals surface area (Å²) in [6.07, 6.45) is 0. The average Bonchev–Trinajstić information content (AvgIpc) is 2.94. The number of rotatable bonds is 5. The molecular formula is C20H22N2O4S2. The number of anilines is 1. The fraction of sp³-hybridized carbons (Fsp3) is 0.200. The molecule has 0 saturated heterocycles. The van der Waals surface area contributed by atoms with Gasteiger partial charge in [0.1, 0.15) is 4.90 Å². The Kier molecular flexibility index (Phi) is 5.12. The lowest BCUT2D eigenvalue weighted by Gasteiger charge is -2.12. The first-order valence-corrected chi connectivity index (χ1v) is 11.6. The van der Waals surface area contributed by atoms with Crippen molar-refractivity contribution in [2.45, 2.75) is 37.5 Å². The molecule has 0 bridgehead atoms. The largest absolute Gasteiger partial charge is 0.280 e. The monoisotopic (exact) mass is 418 g/mol. The summed E-state index contributed by atoms with van der Waals surface area (Å²) in [6, 6.07) is 14.6. The van der Waals surface area contributed by atoms with Gasteiger partial charge >= 0.3 is 0 Å². The number of nitrogens with one attached hydrogen (secondary N) is 1. The zero-order chi connectivity index (χ0) is 20.7. The third kappa shape index (κ3) is 3.57. The van der Waals surface area contributed by atoms with Gasteiger partial charge in [-0.2, -0.15) is 0 Å². The Balaban J connectivity index is 2.07. The molecule has 6 nitrogen and oxygen atoms in total. The van der Waals surface area contributed by atoms with E-state index in [1.165, 1.54) is 25.1 Å². The number of nitrogens with zero attached hydrogens (tertiary/aromatic N) is 1. The fourth-order valence-electron chi connectivity index (χ4n) is 3.07. The molecule has 0 amide bonds. The van der Waals surface area contributed by atoms with Crippen LogP contribution in [0.5, 0.6) is 0 Å². The first kappa shape index (κ1) is 20.2. The molecule has 0 atom stereocenters. The van der Waals surface area contributed by atoms with E-state index in [1.807, 2.05) is 19.9 Å². The summed E-state index contributed by atoms with van der Waals surface area (Å²) >= 11 is 0. The lowest BCUT2D eigenvalue weighted by atomic mass is 10.1. The first-order valence-electron chi connectivity index (χ1n) is 8.63. The quantitative estimate of drug-likeness (QED) is 0.684. The fourth-order valence-corrected chi connectivity index (χ4v) is 6.09. The molecule has 0 spiro atoms. The van der Waals surface area contributed by atoms with Crippen LogP contribution < -0.4 is 4.72 Å². The van der Waals surface area contributed by atoms with Gasteiger partial charge in [-0.1, -0.05) is 24.3 Å². The highest BCUT2D eigenvalue weighted by molar-refractivity contribution is 7.93. The topological polar surface area (TPSA) is 85.2 Å². The lowest BCUT2D eigenvalue weighted by Crippen LogP contribution is -2.18. The molecule has 0 aliphatic rings. The van der Waals surface area contributed by atoms with E-state index < -0.39 is 20.0 Å². The minimum atomic E-state index is -3.95. The summed E-state index contributed by atoms with van der Waals surface area (Å²) in [5.41, 5.74) is 2.89. The molecule has 0 radical (unpaired) electrons. The van der Waals surface area contributed by atoms with Crippen molar-refractivity contribution in [3.63, 3.8) is 0 Å². The Labute approximate surface area is 165 Å². The third-order valence-electron chi connectivity index (χ3n) is 4.65. The molecule has 8 heteroatoms. The van der Waals surface area contributed by atoms with Gasteiger partial charge in [-0.05, 0) is 69.2 Å². The molecule has 0 fully saturated rings. The summed E-state index contributed by atoms with van der Waals surface area (Å²) in [5.74, 6) is 0. The molecule has 1 N–H and O–H groups in total. The standard InChI is InChI=1S/C20H22N2O4S2/c1-14-10-11-18(12-15(14)2)21-27(23,24)20-13-16(3)22(17(20)4)28(25,26)19-8-6-5-7-9-19/h5-13,21H,1-4H3. The van der Waals surface area contributed by atoms with Crippen LogP contribution in [-0.4, -0.2) is 20.8 Å². The van der Waals surface area contributed by atoms with Gasteiger partial charge in [-0.3, -0.25) is 4.72 Å². The number of sulfonamides is 1. The van der Waals surface area contributed by atoms with Crippen LogP contribution in [0.25, 0.3) is 0 Å². The molecule has 3 aromatic rings. The highest BCUT2D eigenvalue weighted by atomic mass is 32.2. The van der Waals surface area contributed by atoms with Gasteiger partial charge in [0.25, 0.3) is 20.0 Å². The van der Waals surface area contributed by atoms with E-state index in [0.29, 0.717) is 11.4 Å². The van der Waals surface area contributed by atoms with E-state index in [0.717, 1.165) is 15.1 Å². The summed E-state index contributed by atoms with van der Waals surface area (Å²) in [6.45, 7) is 6.89. The van der Waals surface area contributed by atoms with Gasteiger partial charge in [0.15, 0.2) is 0 Å². The zero-order valence-corrected chi connectivity index (χ0v) is 17.7. The summed E-state index contributed by atoms with van der Waals surface area (Å²) < 4.78 is 55.5. The molecule has 0 aliphatic carbocycles. The van der Waals surface area contributed by atoms with Crippen LogP contribution in [0.3, 0.4) is 0 Å². The van der Waals surface area contributed by atoms with Crippen LogP contribution in [-0.2, 0) is 20.0 Å². The summed E-state index contributed by atoms with van der Waals surface area (Å²) in [4.78, 5) is 0.0330. The van der Waals surface area contributed by atoms with Crippen molar-refractivity contribution in [1.82, 2.24) is 3.97 Å². The Hall–Kier alpha value is -2.58. The molecule has 148 valence electrons. The van der Waals surface area contributed by atoms with Crippen molar-refractivity contribution in [2.75, 3.05) is 4.72 Å². The van der Waals surface area contributed by atoms with Crippen molar-refractivity contribution >= 4 is 25.7 Å². The summed E-state index contributed by atoms with van der Waals surface area (Å²) in [7, 11) is -7.85. The third-order valence-corrected chi connectivity index (χ3v) is 8.06. The molecule has 3 rings (SSSR count). The van der Waals surface area contributed by atoms with Gasteiger partial charge < -0.3 is 0 Å². The average molecular weight is 419 g/mol. The SMILES string of the molecule is Cc1ccc(NS(=O)(=O)c2cc(C)n(S(=O)(=O)c3ccccc3)c2C)cc1C. The highest BCUT2D eigenvalue weighted by Crippen LogP contribution is 2.27. The second kappa shape index (κ2) is 7.10. The molecule has 0 unspecified atom stereocenters. The van der Waals surface area contributed by atoms with Crippen LogP contribution in [0.1, 0.15) is 22.5 Å². The molecule has 28 heavy (non-hydrogen) atoms. The Bertz CT molecular complexity index is 1240. The lowest BCUT2D eigenvalue weighted by molar-refractivity contribution is 0.584. The minimum Gasteiger partial charge on any atom is -0.280 e. The second-order valence-corrected chi connectivity index (χ2v) is 10.2. The Morgan fingerprint density at radius 1 is 0.786 bits per heavy atom. The van der Waals surface area contributed by atoms with Crippen molar-refractivity contribution in [3.8, 4) is 0 Å². The minimum absolute atomic E-state index is 0.0669. The first-order chi connectivity index (χ1) is 13.0. The Morgan fingerprint density at radius 3 is 2.04 bits per heavy atom. The number of benzene rings is 2. The maximum Gasteiger partial charge on any atom is 0.268 e. The van der Waals surface area contributed by atoms with E-state index in [1.54, 1.807) is 37.3 Å². The van der Waals surface area contributed by atoms with Gasteiger partial charge in [0.05, 0.1) is 10.6 Å². The van der Waals surface area contributed by atoms with Crippen molar-refractivity contribution in [2.24, 2.45) is 0 Å². The summed E-state index contributed by atoms with van der Waals surface area (Å²) in [5, 5.41) is 0. The van der Waals surface area contributed by atoms with Crippen molar-refractivity contribution in [1.29, 1.82) is 0 Å². The van der Waals surface area contributed by atoms with E-state index in [-0.39, 0.29) is 15.5 Å². The van der Waals surface area contributed by atoms with Crippen LogP contribution in [0.15, 0.2) is 64.4 Å². The number of aryl methyl sites for hydroxylation is 3. The van der Waals surface area contributed by atoms with Crippen LogP contribution in [0, 0.1) is 27.7 Å². The molecule has 1 heterocycles. The van der Waals surface area contributed by atoms with Crippen molar-refractivity contribution in [3.05, 3.63) is 77.1 Å². The normalized spacial score (nSPS) is 12.1. The van der Waals surface area contributed by atoms with Gasteiger partial charge in [-0.25, -0.2) is 20.8 Å². The van der Waals surface area contributed by atoms with E-state index in [2.05, 4.69) is 4.72 Å². The van der Waals surface area contributed by atoms with E-state index in [4.69, 9.17) is 0 Å². The predicted molar refractivity (Wildman–Crippen MR) is 110 cm³/mol. The molecule has 1 aromatic heterocycles. The Morgan fingerprint density at radius 2 is 1.43 bits per heavy atom. The molecule has 0 saturated carbocycles. The molecule has 2 aromatic carbocycles. The van der Waals surface area contributed by atoms with Gasteiger partial charge in [0, 0.05) is 11.4 Å². The smallest absolute Gasteiger partial charge is 0.268 e. The maximum atomic E-state index is 13.0. The number of hydrogen-bond acceptors (Lipinski definition) is 4. The number of aromatic nitrogens is 1. The van der Waals surface area contributed by atoms with Crippen LogP contribution in [0.2, 0.25) is 0 Å². The van der Waals surface area contributed by atoms with Gasteiger partial charge in [0.2, 0.25) is 0 Å². The van der Waals surface area contributed by atoms with Crippen LogP contribution >= 0.6 is 0 Å². The highest BCUT2D eigenvalue weighted by Gasteiger charge is 2.28. The van der Waals surface area contributed by atoms with Crippen molar-refractivity contribution < 1.29 is 16.8 Å².